The molecular formula is C13H13ClN4OS. The van der Waals surface area contributed by atoms with Crippen molar-refractivity contribution in [2.75, 3.05) is 6.61 Å². The van der Waals surface area contributed by atoms with Crippen LogP contribution in [-0.4, -0.2) is 27.7 Å². The monoisotopic (exact) mass is 308 g/mol. The van der Waals surface area contributed by atoms with E-state index in [1.807, 2.05) is 24.3 Å². The van der Waals surface area contributed by atoms with Crippen molar-refractivity contribution in [1.29, 1.82) is 0 Å². The standard InChI is InChI=1S/C13H13ClN4OS/c14-10-5-2-1-4-9(10)8-15-18-12(16-17-13(18)20)11-6-3-7-19-11/h1-2,4-5,8,11H,3,6-7H2,(H,17,20)/b15-8-. The van der Waals surface area contributed by atoms with Gasteiger partial charge in [-0.2, -0.15) is 14.9 Å². The molecular weight excluding hydrogens is 296 g/mol. The highest BCUT2D eigenvalue weighted by Crippen LogP contribution is 2.27. The van der Waals surface area contributed by atoms with Gasteiger partial charge in [0.15, 0.2) is 5.82 Å². The van der Waals surface area contributed by atoms with Crippen LogP contribution in [0.3, 0.4) is 0 Å². The molecule has 1 aromatic carbocycles. The number of ether oxygens (including phenoxy) is 1. The Labute approximate surface area is 126 Å². The molecule has 0 aliphatic carbocycles. The van der Waals surface area contributed by atoms with Gasteiger partial charge in [0.05, 0.1) is 6.21 Å². The first-order valence-corrected chi connectivity index (χ1v) is 7.12. The maximum absolute atomic E-state index is 6.10. The zero-order chi connectivity index (χ0) is 13.9. The van der Waals surface area contributed by atoms with Gasteiger partial charge in [-0.25, -0.2) is 0 Å². The van der Waals surface area contributed by atoms with Crippen LogP contribution in [-0.2, 0) is 4.74 Å². The van der Waals surface area contributed by atoms with E-state index in [9.17, 15) is 0 Å². The molecule has 5 nitrogen and oxygen atoms in total. The van der Waals surface area contributed by atoms with Gasteiger partial charge < -0.3 is 4.74 Å². The first kappa shape index (κ1) is 13.5. The molecule has 20 heavy (non-hydrogen) atoms. The summed E-state index contributed by atoms with van der Waals surface area (Å²) in [5.74, 6) is 0.704. The zero-order valence-electron chi connectivity index (χ0n) is 10.6. The van der Waals surface area contributed by atoms with Gasteiger partial charge in [-0.15, -0.1) is 0 Å². The molecule has 0 saturated carbocycles. The number of H-pyrrole nitrogens is 1. The predicted octanol–water partition coefficient (Wildman–Crippen LogP) is 3.33. The van der Waals surface area contributed by atoms with Crippen molar-refractivity contribution < 1.29 is 4.74 Å². The lowest BCUT2D eigenvalue weighted by Crippen LogP contribution is -2.05. The minimum atomic E-state index is -0.0497. The fraction of sp³-hybridized carbons (Fsp3) is 0.308. The lowest BCUT2D eigenvalue weighted by atomic mass is 10.2. The summed E-state index contributed by atoms with van der Waals surface area (Å²) >= 11 is 11.3. The second-order valence-corrected chi connectivity index (χ2v) is 5.26. The van der Waals surface area contributed by atoms with Crippen molar-refractivity contribution in [3.8, 4) is 0 Å². The highest BCUT2D eigenvalue weighted by atomic mass is 35.5. The number of hydrogen-bond acceptors (Lipinski definition) is 4. The van der Waals surface area contributed by atoms with Crippen LogP contribution in [0.5, 0.6) is 0 Å². The third kappa shape index (κ3) is 2.67. The molecule has 1 saturated heterocycles. The Hall–Kier alpha value is -1.50. The molecule has 1 atom stereocenters. The molecule has 1 aliphatic heterocycles. The van der Waals surface area contributed by atoms with Gasteiger partial charge in [0.2, 0.25) is 4.77 Å². The molecule has 1 aliphatic rings. The molecule has 2 aromatic rings. The summed E-state index contributed by atoms with van der Waals surface area (Å²) in [5.41, 5.74) is 0.829. The van der Waals surface area contributed by atoms with E-state index in [1.54, 1.807) is 10.9 Å². The Kier molecular flexibility index (Phi) is 3.95. The predicted molar refractivity (Wildman–Crippen MR) is 79.8 cm³/mol. The van der Waals surface area contributed by atoms with Crippen LogP contribution in [0.1, 0.15) is 30.3 Å². The van der Waals surface area contributed by atoms with Crippen LogP contribution < -0.4 is 0 Å². The van der Waals surface area contributed by atoms with E-state index < -0.39 is 0 Å². The van der Waals surface area contributed by atoms with Crippen molar-refractivity contribution in [1.82, 2.24) is 14.9 Å². The average Bonchev–Trinajstić information content (AvgIpc) is 3.08. The fourth-order valence-corrected chi connectivity index (χ4v) is 2.48. The second-order valence-electron chi connectivity index (χ2n) is 4.47. The normalized spacial score (nSPS) is 18.9. The third-order valence-corrected chi connectivity index (χ3v) is 3.72. The van der Waals surface area contributed by atoms with E-state index >= 15 is 0 Å². The summed E-state index contributed by atoms with van der Waals surface area (Å²) in [7, 11) is 0. The zero-order valence-corrected chi connectivity index (χ0v) is 12.2. The first-order chi connectivity index (χ1) is 9.75. The minimum Gasteiger partial charge on any atom is -0.370 e. The van der Waals surface area contributed by atoms with E-state index in [1.165, 1.54) is 0 Å². The van der Waals surface area contributed by atoms with Gasteiger partial charge in [-0.1, -0.05) is 29.8 Å². The Balaban J connectivity index is 1.93. The fourth-order valence-electron chi connectivity index (χ4n) is 2.10. The molecule has 2 heterocycles. The summed E-state index contributed by atoms with van der Waals surface area (Å²) in [5, 5.41) is 12.0. The summed E-state index contributed by atoms with van der Waals surface area (Å²) in [6.45, 7) is 0.749. The maximum Gasteiger partial charge on any atom is 0.216 e. The Bertz CT molecular complexity index is 688. The molecule has 1 aromatic heterocycles. The molecule has 104 valence electrons. The van der Waals surface area contributed by atoms with Crippen LogP contribution in [0.15, 0.2) is 29.4 Å². The molecule has 0 spiro atoms. The largest absolute Gasteiger partial charge is 0.370 e. The van der Waals surface area contributed by atoms with Crippen molar-refractivity contribution in [3.63, 3.8) is 0 Å². The van der Waals surface area contributed by atoms with Crippen LogP contribution in [0.2, 0.25) is 5.02 Å². The number of benzene rings is 1. The summed E-state index contributed by atoms with van der Waals surface area (Å²) in [6.07, 6.45) is 3.58. The van der Waals surface area contributed by atoms with Crippen LogP contribution in [0.4, 0.5) is 0 Å². The van der Waals surface area contributed by atoms with Crippen molar-refractivity contribution in [2.24, 2.45) is 5.10 Å². The molecule has 1 N–H and O–H groups in total. The number of aromatic nitrogens is 3. The Morgan fingerprint density at radius 2 is 2.35 bits per heavy atom. The van der Waals surface area contributed by atoms with Crippen molar-refractivity contribution >= 4 is 30.0 Å². The molecule has 1 unspecified atom stereocenters. The summed E-state index contributed by atoms with van der Waals surface area (Å²) in [6, 6.07) is 7.49. The van der Waals surface area contributed by atoms with E-state index in [4.69, 9.17) is 28.6 Å². The van der Waals surface area contributed by atoms with Crippen LogP contribution in [0, 0.1) is 4.77 Å². The van der Waals surface area contributed by atoms with E-state index in [0.717, 1.165) is 25.0 Å². The third-order valence-electron chi connectivity index (χ3n) is 3.11. The van der Waals surface area contributed by atoms with Gasteiger partial charge in [0, 0.05) is 17.2 Å². The van der Waals surface area contributed by atoms with Gasteiger partial charge in [-0.3, -0.25) is 5.10 Å². The number of hydrogen-bond donors (Lipinski definition) is 1. The number of aromatic amines is 1. The molecule has 1 fully saturated rings. The van der Waals surface area contributed by atoms with Crippen LogP contribution >= 0.6 is 23.8 Å². The van der Waals surface area contributed by atoms with Crippen LogP contribution in [0.25, 0.3) is 0 Å². The van der Waals surface area contributed by atoms with Crippen molar-refractivity contribution in [2.45, 2.75) is 18.9 Å². The van der Waals surface area contributed by atoms with Gasteiger partial charge in [-0.05, 0) is 31.1 Å². The number of nitrogens with one attached hydrogen (secondary N) is 1. The van der Waals surface area contributed by atoms with Gasteiger partial charge >= 0.3 is 0 Å². The highest BCUT2D eigenvalue weighted by molar-refractivity contribution is 7.71. The van der Waals surface area contributed by atoms with E-state index in [-0.39, 0.29) is 6.10 Å². The Morgan fingerprint density at radius 3 is 3.10 bits per heavy atom. The van der Waals surface area contributed by atoms with E-state index in [2.05, 4.69) is 15.3 Å². The number of halogens is 1. The number of nitrogens with zero attached hydrogens (tertiary/aromatic N) is 3. The van der Waals surface area contributed by atoms with E-state index in [0.29, 0.717) is 15.6 Å². The lowest BCUT2D eigenvalue weighted by Gasteiger charge is -2.07. The highest BCUT2D eigenvalue weighted by Gasteiger charge is 2.23. The second kappa shape index (κ2) is 5.87. The SMILES string of the molecule is S=c1[nH]nc(C2CCCO2)n1/N=C\c1ccccc1Cl. The lowest BCUT2D eigenvalue weighted by molar-refractivity contribution is 0.102. The number of rotatable bonds is 3. The topological polar surface area (TPSA) is 55.2 Å². The minimum absolute atomic E-state index is 0.0497. The Morgan fingerprint density at radius 1 is 1.50 bits per heavy atom. The molecule has 0 bridgehead atoms. The smallest absolute Gasteiger partial charge is 0.216 e. The molecule has 0 amide bonds. The quantitative estimate of drug-likeness (QED) is 0.699. The van der Waals surface area contributed by atoms with Gasteiger partial charge in [0.25, 0.3) is 0 Å². The average molecular weight is 309 g/mol. The molecule has 7 heteroatoms. The summed E-state index contributed by atoms with van der Waals surface area (Å²) < 4.78 is 7.65. The van der Waals surface area contributed by atoms with Gasteiger partial charge in [0.1, 0.15) is 6.10 Å². The van der Waals surface area contributed by atoms with Crippen molar-refractivity contribution in [3.05, 3.63) is 45.4 Å². The molecule has 0 radical (unpaired) electrons. The summed E-state index contributed by atoms with van der Waals surface area (Å²) in [4.78, 5) is 0. The first-order valence-electron chi connectivity index (χ1n) is 6.33. The molecule has 3 rings (SSSR count). The maximum atomic E-state index is 6.10.